The molecule has 1 amide bonds. The van der Waals surface area contributed by atoms with Crippen LogP contribution in [0.2, 0.25) is 0 Å². The molecule has 2 aromatic heterocycles. The largest absolute Gasteiger partial charge is 0.462 e. The first-order chi connectivity index (χ1) is 11.6. The number of carbonyl (C=O) groups is 2. The van der Waals surface area contributed by atoms with Crippen molar-refractivity contribution in [3.8, 4) is 0 Å². The summed E-state index contributed by atoms with van der Waals surface area (Å²) in [4.78, 5) is 30.0. The Morgan fingerprint density at radius 1 is 1.38 bits per heavy atom. The standard InChI is InChI=1S/C18H20N2O3S/c1-3-23-18(22)15-13-5-4-11(2)10-14(13)24-17(15)20-16(21)12-6-8-19-9-7-12/h6-9,11H,3-5,10H2,1-2H3,(H,20,21). The Hall–Kier alpha value is -2.21. The van der Waals surface area contributed by atoms with E-state index in [1.54, 1.807) is 31.5 Å². The smallest absolute Gasteiger partial charge is 0.341 e. The van der Waals surface area contributed by atoms with Gasteiger partial charge in [0.2, 0.25) is 0 Å². The van der Waals surface area contributed by atoms with E-state index in [0.29, 0.717) is 28.7 Å². The molecule has 0 spiro atoms. The van der Waals surface area contributed by atoms with Crippen LogP contribution in [0.3, 0.4) is 0 Å². The second kappa shape index (κ2) is 7.13. The molecular formula is C18H20N2O3S. The van der Waals surface area contributed by atoms with E-state index in [1.807, 2.05) is 0 Å². The summed E-state index contributed by atoms with van der Waals surface area (Å²) in [6.45, 7) is 4.31. The van der Waals surface area contributed by atoms with Gasteiger partial charge in [0.15, 0.2) is 0 Å². The molecule has 5 nitrogen and oxygen atoms in total. The fourth-order valence-electron chi connectivity index (χ4n) is 2.94. The lowest BCUT2D eigenvalue weighted by atomic mass is 9.88. The number of nitrogens with one attached hydrogen (secondary N) is 1. The Balaban J connectivity index is 1.94. The first-order valence-corrected chi connectivity index (χ1v) is 8.94. The van der Waals surface area contributed by atoms with E-state index in [1.165, 1.54) is 16.2 Å². The molecule has 1 aliphatic carbocycles. The Bertz CT molecular complexity index is 755. The van der Waals surface area contributed by atoms with Gasteiger partial charge in [-0.05, 0) is 49.8 Å². The van der Waals surface area contributed by atoms with Gasteiger partial charge in [-0.15, -0.1) is 11.3 Å². The number of rotatable bonds is 4. The summed E-state index contributed by atoms with van der Waals surface area (Å²) in [5.41, 5.74) is 2.09. The van der Waals surface area contributed by atoms with Gasteiger partial charge in [-0.25, -0.2) is 4.79 Å². The number of hydrogen-bond acceptors (Lipinski definition) is 5. The van der Waals surface area contributed by atoms with Crippen LogP contribution in [0.4, 0.5) is 5.00 Å². The van der Waals surface area contributed by atoms with Gasteiger partial charge in [0.1, 0.15) is 5.00 Å². The summed E-state index contributed by atoms with van der Waals surface area (Å²) >= 11 is 1.49. The molecule has 1 N–H and O–H groups in total. The summed E-state index contributed by atoms with van der Waals surface area (Å²) in [5.74, 6) is -0.000815. The fourth-order valence-corrected chi connectivity index (χ4v) is 4.33. The van der Waals surface area contributed by atoms with E-state index >= 15 is 0 Å². The van der Waals surface area contributed by atoms with Gasteiger partial charge in [-0.3, -0.25) is 9.78 Å². The lowest BCUT2D eigenvalue weighted by Gasteiger charge is -2.18. The Labute approximate surface area is 145 Å². The predicted octanol–water partition coefficient (Wildman–Crippen LogP) is 3.70. The van der Waals surface area contributed by atoms with Crippen LogP contribution in [0.15, 0.2) is 24.5 Å². The number of amides is 1. The first kappa shape index (κ1) is 16.6. The molecule has 1 unspecified atom stereocenters. The van der Waals surface area contributed by atoms with E-state index in [2.05, 4.69) is 17.2 Å². The van der Waals surface area contributed by atoms with Crippen LogP contribution in [0.1, 0.15) is 51.4 Å². The second-order valence-electron chi connectivity index (χ2n) is 5.97. The van der Waals surface area contributed by atoms with Gasteiger partial charge in [-0.2, -0.15) is 0 Å². The third kappa shape index (κ3) is 3.33. The van der Waals surface area contributed by atoms with Crippen molar-refractivity contribution in [2.75, 3.05) is 11.9 Å². The summed E-state index contributed by atoms with van der Waals surface area (Å²) in [5, 5.41) is 3.48. The van der Waals surface area contributed by atoms with E-state index in [4.69, 9.17) is 4.74 Å². The highest BCUT2D eigenvalue weighted by Gasteiger charge is 2.29. The third-order valence-corrected chi connectivity index (χ3v) is 5.33. The maximum atomic E-state index is 12.4. The van der Waals surface area contributed by atoms with Crippen LogP contribution in [-0.4, -0.2) is 23.5 Å². The van der Waals surface area contributed by atoms with E-state index in [-0.39, 0.29) is 11.9 Å². The van der Waals surface area contributed by atoms with Crippen LogP contribution in [-0.2, 0) is 17.6 Å². The molecular weight excluding hydrogens is 324 g/mol. The number of hydrogen-bond donors (Lipinski definition) is 1. The summed E-state index contributed by atoms with van der Waals surface area (Å²) in [6.07, 6.45) is 5.99. The number of carbonyl (C=O) groups excluding carboxylic acids is 2. The van der Waals surface area contributed by atoms with Gasteiger partial charge in [0.25, 0.3) is 5.91 Å². The quantitative estimate of drug-likeness (QED) is 0.859. The number of fused-ring (bicyclic) bond motifs is 1. The zero-order valence-electron chi connectivity index (χ0n) is 13.8. The van der Waals surface area contributed by atoms with Gasteiger partial charge < -0.3 is 10.1 Å². The molecule has 0 saturated heterocycles. The van der Waals surface area contributed by atoms with Gasteiger partial charge in [0.05, 0.1) is 12.2 Å². The number of anilines is 1. The second-order valence-corrected chi connectivity index (χ2v) is 7.07. The van der Waals surface area contributed by atoms with E-state index < -0.39 is 0 Å². The normalized spacial score (nSPS) is 16.3. The first-order valence-electron chi connectivity index (χ1n) is 8.13. The van der Waals surface area contributed by atoms with Gasteiger partial charge in [0, 0.05) is 22.8 Å². The molecule has 0 aromatic carbocycles. The van der Waals surface area contributed by atoms with Crippen molar-refractivity contribution in [2.24, 2.45) is 5.92 Å². The average Bonchev–Trinajstić information content (AvgIpc) is 2.92. The fraction of sp³-hybridized carbons (Fsp3) is 0.389. The van der Waals surface area contributed by atoms with Crippen molar-refractivity contribution in [2.45, 2.75) is 33.1 Å². The van der Waals surface area contributed by atoms with Crippen molar-refractivity contribution < 1.29 is 14.3 Å². The lowest BCUT2D eigenvalue weighted by molar-refractivity contribution is 0.0526. The molecule has 126 valence electrons. The van der Waals surface area contributed by atoms with Crippen molar-refractivity contribution >= 4 is 28.2 Å². The third-order valence-electron chi connectivity index (χ3n) is 4.16. The molecule has 2 heterocycles. The number of thiophene rings is 1. The molecule has 6 heteroatoms. The molecule has 0 fully saturated rings. The summed E-state index contributed by atoms with van der Waals surface area (Å²) < 4.78 is 5.21. The van der Waals surface area contributed by atoms with Gasteiger partial charge in [-0.1, -0.05) is 6.92 Å². The molecule has 1 atom stereocenters. The van der Waals surface area contributed by atoms with Crippen LogP contribution < -0.4 is 5.32 Å². The number of ether oxygens (including phenoxy) is 1. The molecule has 24 heavy (non-hydrogen) atoms. The minimum absolute atomic E-state index is 0.241. The lowest BCUT2D eigenvalue weighted by Crippen LogP contribution is -2.16. The Morgan fingerprint density at radius 3 is 2.83 bits per heavy atom. The molecule has 3 rings (SSSR count). The zero-order chi connectivity index (χ0) is 17.1. The van der Waals surface area contributed by atoms with Gasteiger partial charge >= 0.3 is 5.97 Å². The number of aromatic nitrogens is 1. The molecule has 0 radical (unpaired) electrons. The highest BCUT2D eigenvalue weighted by Crippen LogP contribution is 2.40. The van der Waals surface area contributed by atoms with Crippen LogP contribution in [0.5, 0.6) is 0 Å². The van der Waals surface area contributed by atoms with Crippen molar-refractivity contribution in [3.05, 3.63) is 46.1 Å². The minimum Gasteiger partial charge on any atom is -0.462 e. The minimum atomic E-state index is -0.352. The zero-order valence-corrected chi connectivity index (χ0v) is 14.6. The van der Waals surface area contributed by atoms with E-state index in [0.717, 1.165) is 24.8 Å². The maximum absolute atomic E-state index is 12.4. The highest BCUT2D eigenvalue weighted by atomic mass is 32.1. The predicted molar refractivity (Wildman–Crippen MR) is 93.7 cm³/mol. The monoisotopic (exact) mass is 344 g/mol. The van der Waals surface area contributed by atoms with Crippen LogP contribution >= 0.6 is 11.3 Å². The Morgan fingerprint density at radius 2 is 2.12 bits per heavy atom. The number of pyridine rings is 1. The average molecular weight is 344 g/mol. The Kier molecular flexibility index (Phi) is 4.94. The molecule has 0 bridgehead atoms. The topological polar surface area (TPSA) is 68.3 Å². The van der Waals surface area contributed by atoms with Crippen LogP contribution in [0.25, 0.3) is 0 Å². The number of esters is 1. The van der Waals surface area contributed by atoms with Crippen LogP contribution in [0, 0.1) is 5.92 Å². The van der Waals surface area contributed by atoms with Crippen molar-refractivity contribution in [3.63, 3.8) is 0 Å². The summed E-state index contributed by atoms with van der Waals surface area (Å²) in [6, 6.07) is 3.30. The molecule has 0 saturated carbocycles. The molecule has 2 aromatic rings. The highest BCUT2D eigenvalue weighted by molar-refractivity contribution is 7.17. The SMILES string of the molecule is CCOC(=O)c1c(NC(=O)c2ccncc2)sc2c1CCC(C)C2. The summed E-state index contributed by atoms with van der Waals surface area (Å²) in [7, 11) is 0. The molecule has 1 aliphatic rings. The number of nitrogens with zero attached hydrogens (tertiary/aromatic N) is 1. The molecule has 0 aliphatic heterocycles. The maximum Gasteiger partial charge on any atom is 0.341 e. The van der Waals surface area contributed by atoms with Crippen molar-refractivity contribution in [1.82, 2.24) is 4.98 Å². The van der Waals surface area contributed by atoms with Crippen molar-refractivity contribution in [1.29, 1.82) is 0 Å². The van der Waals surface area contributed by atoms with E-state index in [9.17, 15) is 9.59 Å².